The molecule has 1 nitrogen and oxygen atoms in total. The molecule has 3 heteroatoms. The second-order valence-corrected chi connectivity index (χ2v) is 5.99. The lowest BCUT2D eigenvalue weighted by Crippen LogP contribution is -2.25. The zero-order valence-corrected chi connectivity index (χ0v) is 11.4. The minimum absolute atomic E-state index is 0.0898. The minimum atomic E-state index is -0.0898. The van der Waals surface area contributed by atoms with Crippen molar-refractivity contribution < 1.29 is 4.39 Å². The molecule has 1 aliphatic rings. The van der Waals surface area contributed by atoms with E-state index in [1.165, 1.54) is 25.8 Å². The summed E-state index contributed by atoms with van der Waals surface area (Å²) in [6, 6.07) is 6.26. The molecule has 0 N–H and O–H groups in total. The smallest absolute Gasteiger partial charge is 0.127 e. The Morgan fingerprint density at radius 1 is 1.47 bits per heavy atom. The zero-order valence-electron chi connectivity index (χ0n) is 10.6. The van der Waals surface area contributed by atoms with Crippen molar-refractivity contribution in [3.63, 3.8) is 0 Å². The maximum absolute atomic E-state index is 13.3. The van der Waals surface area contributed by atoms with Crippen LogP contribution in [0.4, 0.5) is 4.39 Å². The summed E-state index contributed by atoms with van der Waals surface area (Å²) < 4.78 is 13.3. The van der Waals surface area contributed by atoms with Crippen LogP contribution in [0.2, 0.25) is 0 Å². The first kappa shape index (κ1) is 12.9. The molecular weight excluding hydrogens is 233 g/mol. The summed E-state index contributed by atoms with van der Waals surface area (Å²) in [4.78, 5) is 3.49. The molecule has 1 heterocycles. The van der Waals surface area contributed by atoms with Crippen LogP contribution in [0.3, 0.4) is 0 Å². The molecule has 0 saturated carbocycles. The lowest BCUT2D eigenvalue weighted by molar-refractivity contribution is 0.305. The quantitative estimate of drug-likeness (QED) is 0.753. The van der Waals surface area contributed by atoms with Crippen molar-refractivity contribution >= 4 is 11.8 Å². The third-order valence-corrected chi connectivity index (χ3v) is 4.56. The van der Waals surface area contributed by atoms with E-state index in [0.29, 0.717) is 0 Å². The number of thioether (sulfide) groups is 1. The number of rotatable bonds is 4. The van der Waals surface area contributed by atoms with Gasteiger partial charge in [0.2, 0.25) is 0 Å². The van der Waals surface area contributed by atoms with Crippen LogP contribution in [-0.2, 0) is 0 Å². The van der Waals surface area contributed by atoms with Crippen molar-refractivity contribution in [2.24, 2.45) is 0 Å². The highest BCUT2D eigenvalue weighted by molar-refractivity contribution is 7.99. The molecule has 17 heavy (non-hydrogen) atoms. The van der Waals surface area contributed by atoms with Gasteiger partial charge in [-0.25, -0.2) is 4.39 Å². The highest BCUT2D eigenvalue weighted by Crippen LogP contribution is 2.25. The summed E-state index contributed by atoms with van der Waals surface area (Å²) in [5.74, 6) is 0.991. The van der Waals surface area contributed by atoms with Gasteiger partial charge in [0, 0.05) is 10.9 Å². The van der Waals surface area contributed by atoms with Crippen LogP contribution in [0.15, 0.2) is 23.1 Å². The van der Waals surface area contributed by atoms with Crippen molar-refractivity contribution in [1.29, 1.82) is 0 Å². The van der Waals surface area contributed by atoms with Gasteiger partial charge in [0.25, 0.3) is 0 Å². The number of aryl methyl sites for hydroxylation is 1. The van der Waals surface area contributed by atoms with E-state index in [0.717, 1.165) is 22.3 Å². The van der Waals surface area contributed by atoms with Crippen molar-refractivity contribution in [1.82, 2.24) is 4.90 Å². The first-order chi connectivity index (χ1) is 8.16. The van der Waals surface area contributed by atoms with Crippen LogP contribution in [0.5, 0.6) is 0 Å². The molecule has 1 aliphatic heterocycles. The van der Waals surface area contributed by atoms with E-state index in [9.17, 15) is 4.39 Å². The molecule has 0 radical (unpaired) electrons. The molecule has 1 unspecified atom stereocenters. The fourth-order valence-electron chi connectivity index (χ4n) is 2.32. The third kappa shape index (κ3) is 3.46. The van der Waals surface area contributed by atoms with Gasteiger partial charge in [-0.05, 0) is 63.2 Å². The second-order valence-electron chi connectivity index (χ2n) is 4.82. The van der Waals surface area contributed by atoms with Gasteiger partial charge in [-0.1, -0.05) is 6.07 Å². The van der Waals surface area contributed by atoms with Crippen LogP contribution in [0.25, 0.3) is 0 Å². The first-order valence-corrected chi connectivity index (χ1v) is 7.24. The van der Waals surface area contributed by atoms with Crippen LogP contribution < -0.4 is 0 Å². The predicted molar refractivity (Wildman–Crippen MR) is 72.1 cm³/mol. The summed E-state index contributed by atoms with van der Waals surface area (Å²) in [6.07, 6.45) is 3.85. The summed E-state index contributed by atoms with van der Waals surface area (Å²) in [7, 11) is 2.20. The summed E-state index contributed by atoms with van der Waals surface area (Å²) in [5.41, 5.74) is 0.727. The highest BCUT2D eigenvalue weighted by Gasteiger charge is 2.19. The largest absolute Gasteiger partial charge is 0.303 e. The zero-order chi connectivity index (χ0) is 12.3. The molecule has 0 aromatic heterocycles. The fourth-order valence-corrected chi connectivity index (χ4v) is 3.30. The van der Waals surface area contributed by atoms with E-state index in [1.807, 2.05) is 12.1 Å². The van der Waals surface area contributed by atoms with Gasteiger partial charge >= 0.3 is 0 Å². The normalized spacial score (nSPS) is 21.0. The summed E-state index contributed by atoms with van der Waals surface area (Å²) in [6.45, 7) is 3.03. The Kier molecular flexibility index (Phi) is 4.46. The maximum Gasteiger partial charge on any atom is 0.127 e. The van der Waals surface area contributed by atoms with Gasteiger partial charge < -0.3 is 4.90 Å². The number of halogens is 1. The predicted octanol–water partition coefficient (Wildman–Crippen LogP) is 3.71. The molecule has 94 valence electrons. The summed E-state index contributed by atoms with van der Waals surface area (Å²) >= 11 is 1.77. The molecule has 1 aromatic rings. The number of nitrogens with zero attached hydrogens (tertiary/aromatic N) is 1. The van der Waals surface area contributed by atoms with E-state index < -0.39 is 0 Å². The molecule has 0 aliphatic carbocycles. The van der Waals surface area contributed by atoms with E-state index in [4.69, 9.17) is 0 Å². The van der Waals surface area contributed by atoms with Gasteiger partial charge in [-0.3, -0.25) is 0 Å². The average molecular weight is 253 g/mol. The second kappa shape index (κ2) is 5.87. The fraction of sp³-hybridized carbons (Fsp3) is 0.571. The van der Waals surface area contributed by atoms with Crippen molar-refractivity contribution in [2.45, 2.75) is 37.1 Å². The number of hydrogen-bond donors (Lipinski definition) is 0. The Morgan fingerprint density at radius 2 is 2.29 bits per heavy atom. The molecule has 0 bridgehead atoms. The van der Waals surface area contributed by atoms with Crippen LogP contribution in [-0.4, -0.2) is 30.3 Å². The molecule has 1 atom stereocenters. The van der Waals surface area contributed by atoms with Crippen LogP contribution in [0, 0.1) is 12.7 Å². The average Bonchev–Trinajstić information content (AvgIpc) is 2.70. The van der Waals surface area contributed by atoms with Gasteiger partial charge in [-0.15, -0.1) is 11.8 Å². The van der Waals surface area contributed by atoms with Crippen molar-refractivity contribution in [3.05, 3.63) is 29.6 Å². The van der Waals surface area contributed by atoms with Crippen LogP contribution >= 0.6 is 11.8 Å². The monoisotopic (exact) mass is 253 g/mol. The van der Waals surface area contributed by atoms with E-state index >= 15 is 0 Å². The SMILES string of the molecule is Cc1ccc(SCCC2CCCN2C)cc1F. The Morgan fingerprint density at radius 3 is 2.94 bits per heavy atom. The Hall–Kier alpha value is -0.540. The topological polar surface area (TPSA) is 3.24 Å². The van der Waals surface area contributed by atoms with Gasteiger partial charge in [0.1, 0.15) is 5.82 Å². The molecule has 0 amide bonds. The van der Waals surface area contributed by atoms with E-state index in [2.05, 4.69) is 11.9 Å². The molecule has 2 rings (SSSR count). The van der Waals surface area contributed by atoms with E-state index in [1.54, 1.807) is 24.8 Å². The van der Waals surface area contributed by atoms with Crippen molar-refractivity contribution in [2.75, 3.05) is 19.3 Å². The lowest BCUT2D eigenvalue weighted by atomic mass is 10.2. The van der Waals surface area contributed by atoms with Gasteiger partial charge in [0.05, 0.1) is 0 Å². The standard InChI is InChI=1S/C14H20FNS/c1-11-5-6-13(10-14(11)15)17-9-7-12-4-3-8-16(12)2/h5-6,10,12H,3-4,7-9H2,1-2H3. The van der Waals surface area contributed by atoms with E-state index in [-0.39, 0.29) is 5.82 Å². The first-order valence-electron chi connectivity index (χ1n) is 6.26. The third-order valence-electron chi connectivity index (χ3n) is 3.53. The molecular formula is C14H20FNS. The molecule has 0 spiro atoms. The van der Waals surface area contributed by atoms with Crippen molar-refractivity contribution in [3.8, 4) is 0 Å². The Balaban J connectivity index is 1.79. The van der Waals surface area contributed by atoms with Gasteiger partial charge in [-0.2, -0.15) is 0 Å². The number of benzene rings is 1. The maximum atomic E-state index is 13.3. The van der Waals surface area contributed by atoms with Gasteiger partial charge in [0.15, 0.2) is 0 Å². The summed E-state index contributed by atoms with van der Waals surface area (Å²) in [5, 5.41) is 0. The Bertz CT molecular complexity index is 380. The molecule has 1 aromatic carbocycles. The molecule has 1 fully saturated rings. The number of hydrogen-bond acceptors (Lipinski definition) is 2. The minimum Gasteiger partial charge on any atom is -0.303 e. The highest BCUT2D eigenvalue weighted by atomic mass is 32.2. The Labute approximate surface area is 107 Å². The molecule has 1 saturated heterocycles. The lowest BCUT2D eigenvalue weighted by Gasteiger charge is -2.18. The van der Waals surface area contributed by atoms with Crippen LogP contribution in [0.1, 0.15) is 24.8 Å². The number of likely N-dealkylation sites (tertiary alicyclic amines) is 1.